The van der Waals surface area contributed by atoms with E-state index in [4.69, 9.17) is 22.7 Å². The van der Waals surface area contributed by atoms with E-state index in [0.717, 1.165) is 6.07 Å². The maximum atomic E-state index is 13.9. The summed E-state index contributed by atoms with van der Waals surface area (Å²) in [6.45, 7) is 2.84. The number of benzene rings is 1. The fourth-order valence-corrected chi connectivity index (χ4v) is 4.31. The minimum Gasteiger partial charge on any atom is -0.389 e. The standard InChI is InChI=1S/C13H17FN2O3S2/c1-9-8-16(6-3-7-19-9)21(17,18)11-5-2-4-10(14)12(11)13(15)20/h2,4-5,9H,3,6-8H2,1H3,(H2,15,20). The van der Waals surface area contributed by atoms with Crippen LogP contribution < -0.4 is 5.73 Å². The quantitative estimate of drug-likeness (QED) is 0.844. The number of sulfonamides is 1. The van der Waals surface area contributed by atoms with Crippen LogP contribution >= 0.6 is 12.2 Å². The molecule has 1 saturated heterocycles. The van der Waals surface area contributed by atoms with Crippen molar-refractivity contribution in [3.8, 4) is 0 Å². The van der Waals surface area contributed by atoms with E-state index in [1.54, 1.807) is 6.92 Å². The summed E-state index contributed by atoms with van der Waals surface area (Å²) in [7, 11) is -3.87. The molecule has 1 heterocycles. The number of nitrogens with two attached hydrogens (primary N) is 1. The molecule has 0 aliphatic carbocycles. The number of ether oxygens (including phenoxy) is 1. The van der Waals surface area contributed by atoms with Gasteiger partial charge in [-0.2, -0.15) is 4.31 Å². The van der Waals surface area contributed by atoms with Crippen LogP contribution in [0.5, 0.6) is 0 Å². The molecular weight excluding hydrogens is 315 g/mol. The van der Waals surface area contributed by atoms with E-state index in [1.165, 1.54) is 16.4 Å². The molecule has 1 aromatic carbocycles. The molecule has 0 aromatic heterocycles. The Morgan fingerprint density at radius 1 is 1.52 bits per heavy atom. The first kappa shape index (κ1) is 16.3. The summed E-state index contributed by atoms with van der Waals surface area (Å²) in [5.41, 5.74) is 5.25. The lowest BCUT2D eigenvalue weighted by Crippen LogP contribution is -2.37. The first-order valence-corrected chi connectivity index (χ1v) is 8.39. The number of nitrogens with zero attached hydrogens (tertiary/aromatic N) is 1. The van der Waals surface area contributed by atoms with E-state index in [-0.39, 0.29) is 28.1 Å². The van der Waals surface area contributed by atoms with Gasteiger partial charge in [0, 0.05) is 19.7 Å². The molecule has 0 saturated carbocycles. The summed E-state index contributed by atoms with van der Waals surface area (Å²) >= 11 is 4.79. The van der Waals surface area contributed by atoms with Gasteiger partial charge < -0.3 is 10.5 Å². The Balaban J connectivity index is 2.49. The smallest absolute Gasteiger partial charge is 0.243 e. The van der Waals surface area contributed by atoms with Gasteiger partial charge in [-0.25, -0.2) is 12.8 Å². The molecule has 1 aliphatic rings. The molecule has 5 nitrogen and oxygen atoms in total. The molecule has 0 bridgehead atoms. The van der Waals surface area contributed by atoms with E-state index < -0.39 is 15.8 Å². The van der Waals surface area contributed by atoms with Crippen molar-refractivity contribution < 1.29 is 17.5 Å². The fraction of sp³-hybridized carbons (Fsp3) is 0.462. The molecule has 1 unspecified atom stereocenters. The lowest BCUT2D eigenvalue weighted by Gasteiger charge is -2.23. The molecule has 0 radical (unpaired) electrons. The monoisotopic (exact) mass is 332 g/mol. The lowest BCUT2D eigenvalue weighted by atomic mass is 10.2. The predicted octanol–water partition coefficient (Wildman–Crippen LogP) is 1.26. The van der Waals surface area contributed by atoms with Crippen LogP contribution in [0.2, 0.25) is 0 Å². The summed E-state index contributed by atoms with van der Waals surface area (Å²) in [6.07, 6.45) is 0.366. The van der Waals surface area contributed by atoms with Gasteiger partial charge in [0.1, 0.15) is 10.8 Å². The van der Waals surface area contributed by atoms with E-state index in [0.29, 0.717) is 19.6 Å². The molecule has 116 valence electrons. The van der Waals surface area contributed by atoms with Crippen LogP contribution in [-0.2, 0) is 14.8 Å². The Labute approximate surface area is 128 Å². The number of halogens is 1. The molecule has 2 rings (SSSR count). The Kier molecular flexibility index (Phi) is 4.92. The van der Waals surface area contributed by atoms with Crippen molar-refractivity contribution in [3.05, 3.63) is 29.6 Å². The first-order chi connectivity index (χ1) is 9.84. The molecule has 1 aliphatic heterocycles. The highest BCUT2D eigenvalue weighted by Gasteiger charge is 2.31. The van der Waals surface area contributed by atoms with E-state index >= 15 is 0 Å². The zero-order valence-electron chi connectivity index (χ0n) is 11.6. The van der Waals surface area contributed by atoms with Crippen LogP contribution in [0.1, 0.15) is 18.9 Å². The number of thiocarbonyl (C=S) groups is 1. The average molecular weight is 332 g/mol. The van der Waals surface area contributed by atoms with Gasteiger partial charge in [-0.1, -0.05) is 18.3 Å². The summed E-state index contributed by atoms with van der Waals surface area (Å²) in [5, 5.41) is 0. The van der Waals surface area contributed by atoms with Gasteiger partial charge in [0.05, 0.1) is 16.6 Å². The molecule has 21 heavy (non-hydrogen) atoms. The van der Waals surface area contributed by atoms with Crippen LogP contribution in [0.4, 0.5) is 4.39 Å². The van der Waals surface area contributed by atoms with Crippen molar-refractivity contribution in [2.45, 2.75) is 24.3 Å². The van der Waals surface area contributed by atoms with Crippen molar-refractivity contribution in [3.63, 3.8) is 0 Å². The fourth-order valence-electron chi connectivity index (χ4n) is 2.27. The van der Waals surface area contributed by atoms with Gasteiger partial charge in [0.15, 0.2) is 0 Å². The van der Waals surface area contributed by atoms with Gasteiger partial charge in [0.2, 0.25) is 10.0 Å². The third-order valence-electron chi connectivity index (χ3n) is 3.25. The van der Waals surface area contributed by atoms with Gasteiger partial charge in [0.25, 0.3) is 0 Å². The average Bonchev–Trinajstić information content (AvgIpc) is 2.63. The summed E-state index contributed by atoms with van der Waals surface area (Å²) in [6, 6.07) is 3.80. The third-order valence-corrected chi connectivity index (χ3v) is 5.37. The Bertz CT molecular complexity index is 649. The van der Waals surface area contributed by atoms with Crippen LogP contribution in [0.3, 0.4) is 0 Å². The van der Waals surface area contributed by atoms with Crippen molar-refractivity contribution in [2.24, 2.45) is 5.73 Å². The molecule has 0 amide bonds. The maximum Gasteiger partial charge on any atom is 0.243 e. The second-order valence-electron chi connectivity index (χ2n) is 4.88. The Hall–Kier alpha value is -1.09. The summed E-state index contributed by atoms with van der Waals surface area (Å²) < 4.78 is 46.1. The molecule has 0 spiro atoms. The Morgan fingerprint density at radius 2 is 2.24 bits per heavy atom. The van der Waals surface area contributed by atoms with Gasteiger partial charge in [-0.15, -0.1) is 0 Å². The van der Waals surface area contributed by atoms with E-state index in [1.807, 2.05) is 0 Å². The third kappa shape index (κ3) is 3.39. The number of rotatable bonds is 3. The zero-order valence-corrected chi connectivity index (χ0v) is 13.2. The van der Waals surface area contributed by atoms with Crippen molar-refractivity contribution in [1.29, 1.82) is 0 Å². The molecule has 1 atom stereocenters. The first-order valence-electron chi connectivity index (χ1n) is 6.54. The van der Waals surface area contributed by atoms with Gasteiger partial charge in [-0.3, -0.25) is 0 Å². The van der Waals surface area contributed by atoms with Crippen molar-refractivity contribution in [1.82, 2.24) is 4.31 Å². The summed E-state index contributed by atoms with van der Waals surface area (Å²) in [4.78, 5) is -0.463. The Morgan fingerprint density at radius 3 is 2.90 bits per heavy atom. The highest BCUT2D eigenvalue weighted by atomic mass is 32.2. The number of hydrogen-bond acceptors (Lipinski definition) is 4. The molecule has 1 fully saturated rings. The second-order valence-corrected chi connectivity index (χ2v) is 7.22. The van der Waals surface area contributed by atoms with Gasteiger partial charge in [-0.05, 0) is 25.5 Å². The predicted molar refractivity (Wildman–Crippen MR) is 81.1 cm³/mol. The van der Waals surface area contributed by atoms with Crippen LogP contribution in [0, 0.1) is 5.82 Å². The van der Waals surface area contributed by atoms with Crippen molar-refractivity contribution >= 4 is 27.2 Å². The van der Waals surface area contributed by atoms with Crippen molar-refractivity contribution in [2.75, 3.05) is 19.7 Å². The molecule has 2 N–H and O–H groups in total. The lowest BCUT2D eigenvalue weighted by molar-refractivity contribution is 0.0752. The molecule has 8 heteroatoms. The largest absolute Gasteiger partial charge is 0.389 e. The van der Waals surface area contributed by atoms with E-state index in [9.17, 15) is 12.8 Å². The SMILES string of the molecule is CC1CN(S(=O)(=O)c2cccc(F)c2C(N)=S)CCCO1. The normalized spacial score (nSPS) is 21.0. The number of hydrogen-bond donors (Lipinski definition) is 1. The highest BCUT2D eigenvalue weighted by Crippen LogP contribution is 2.24. The summed E-state index contributed by atoms with van der Waals surface area (Å²) in [5.74, 6) is -0.734. The molecular formula is C13H17FN2O3S2. The highest BCUT2D eigenvalue weighted by molar-refractivity contribution is 7.89. The molecule has 1 aromatic rings. The van der Waals surface area contributed by atoms with Crippen LogP contribution in [0.15, 0.2) is 23.1 Å². The topological polar surface area (TPSA) is 72.6 Å². The van der Waals surface area contributed by atoms with Crippen LogP contribution in [0.25, 0.3) is 0 Å². The van der Waals surface area contributed by atoms with Crippen LogP contribution in [-0.4, -0.2) is 43.5 Å². The maximum absolute atomic E-state index is 13.9. The minimum atomic E-state index is -3.87. The van der Waals surface area contributed by atoms with E-state index in [2.05, 4.69) is 0 Å². The van der Waals surface area contributed by atoms with Gasteiger partial charge >= 0.3 is 0 Å². The zero-order chi connectivity index (χ0) is 15.6. The second kappa shape index (κ2) is 6.35. The minimum absolute atomic E-state index is 0.191.